The Morgan fingerprint density at radius 2 is 2.42 bits per heavy atom. The van der Waals surface area contributed by atoms with Gasteiger partial charge in [-0.05, 0) is 11.6 Å². The van der Waals surface area contributed by atoms with Gasteiger partial charge in [0.05, 0.1) is 0 Å². The molecule has 0 aliphatic rings. The maximum absolute atomic E-state index is 10.5. The highest BCUT2D eigenvalue weighted by Crippen LogP contribution is 2.14. The second kappa shape index (κ2) is 2.57. The van der Waals surface area contributed by atoms with Gasteiger partial charge in [0.1, 0.15) is 5.65 Å². The van der Waals surface area contributed by atoms with Crippen molar-refractivity contribution in [2.75, 3.05) is 0 Å². The number of carbonyl (C=O) groups is 1. The van der Waals surface area contributed by atoms with Gasteiger partial charge < -0.3 is 4.98 Å². The minimum Gasteiger partial charge on any atom is -0.345 e. The Morgan fingerprint density at radius 1 is 1.58 bits per heavy atom. The lowest BCUT2D eigenvalue weighted by Gasteiger charge is -1.88. The molecule has 0 unspecified atom stereocenters. The summed E-state index contributed by atoms with van der Waals surface area (Å²) < 4.78 is 0. The summed E-state index contributed by atoms with van der Waals surface area (Å²) in [6, 6.07) is 0. The number of hydrogen-bond acceptors (Lipinski definition) is 3. The van der Waals surface area contributed by atoms with Gasteiger partial charge in [-0.2, -0.15) is 4.98 Å². The van der Waals surface area contributed by atoms with Crippen molar-refractivity contribution in [3.8, 4) is 0 Å². The summed E-state index contributed by atoms with van der Waals surface area (Å²) >= 11 is 5.54. The third-order valence-electron chi connectivity index (χ3n) is 1.56. The first kappa shape index (κ1) is 7.24. The fourth-order valence-corrected chi connectivity index (χ4v) is 1.14. The van der Waals surface area contributed by atoms with Crippen molar-refractivity contribution in [2.24, 2.45) is 0 Å². The molecule has 5 heteroatoms. The minimum absolute atomic E-state index is 0.168. The zero-order chi connectivity index (χ0) is 8.55. The molecule has 0 aromatic carbocycles. The van der Waals surface area contributed by atoms with Crippen LogP contribution in [0.15, 0.2) is 12.4 Å². The summed E-state index contributed by atoms with van der Waals surface area (Å²) in [4.78, 5) is 20.9. The second-order valence-electron chi connectivity index (χ2n) is 2.26. The number of carbonyl (C=O) groups excluding carboxylic acids is 1. The predicted molar refractivity (Wildman–Crippen MR) is 44.3 cm³/mol. The Bertz CT molecular complexity index is 437. The van der Waals surface area contributed by atoms with Crippen LogP contribution in [0.3, 0.4) is 0 Å². The molecule has 2 aromatic rings. The van der Waals surface area contributed by atoms with Gasteiger partial charge in [0, 0.05) is 23.3 Å². The molecule has 0 amide bonds. The number of nitrogens with zero attached hydrogens (tertiary/aromatic N) is 2. The van der Waals surface area contributed by atoms with E-state index in [0.29, 0.717) is 16.6 Å². The zero-order valence-corrected chi connectivity index (χ0v) is 6.67. The molecule has 0 saturated heterocycles. The second-order valence-corrected chi connectivity index (χ2v) is 2.60. The van der Waals surface area contributed by atoms with Crippen LogP contribution in [0.5, 0.6) is 0 Å². The van der Waals surface area contributed by atoms with Crippen molar-refractivity contribution in [2.45, 2.75) is 0 Å². The Labute approximate surface area is 72.6 Å². The first-order chi connectivity index (χ1) is 5.81. The fourth-order valence-electron chi connectivity index (χ4n) is 1.00. The average Bonchev–Trinajstić information content (AvgIpc) is 2.46. The van der Waals surface area contributed by atoms with Crippen LogP contribution in [-0.2, 0) is 0 Å². The molecule has 0 aliphatic heterocycles. The van der Waals surface area contributed by atoms with Gasteiger partial charge in [-0.15, -0.1) is 0 Å². The van der Waals surface area contributed by atoms with Gasteiger partial charge in [-0.3, -0.25) is 4.79 Å². The van der Waals surface area contributed by atoms with Crippen molar-refractivity contribution in [1.29, 1.82) is 0 Å². The van der Waals surface area contributed by atoms with Gasteiger partial charge in [0.2, 0.25) is 5.28 Å². The van der Waals surface area contributed by atoms with Crippen LogP contribution in [0.2, 0.25) is 5.28 Å². The molecule has 12 heavy (non-hydrogen) atoms. The van der Waals surface area contributed by atoms with Crippen LogP contribution >= 0.6 is 11.6 Å². The number of halogens is 1. The van der Waals surface area contributed by atoms with Crippen LogP contribution in [-0.4, -0.2) is 21.2 Å². The predicted octanol–water partition coefficient (Wildman–Crippen LogP) is 1.42. The topological polar surface area (TPSA) is 58.6 Å². The molecule has 0 saturated carbocycles. The van der Waals surface area contributed by atoms with Gasteiger partial charge in [0.25, 0.3) is 0 Å². The largest absolute Gasteiger partial charge is 0.345 e. The van der Waals surface area contributed by atoms with E-state index in [9.17, 15) is 4.79 Å². The van der Waals surface area contributed by atoms with E-state index < -0.39 is 0 Å². The summed E-state index contributed by atoms with van der Waals surface area (Å²) in [6.45, 7) is 0. The van der Waals surface area contributed by atoms with Crippen LogP contribution in [0.1, 0.15) is 10.4 Å². The van der Waals surface area contributed by atoms with Crippen molar-refractivity contribution in [1.82, 2.24) is 15.0 Å². The average molecular weight is 182 g/mol. The Hall–Kier alpha value is -1.42. The number of rotatable bonds is 1. The highest BCUT2D eigenvalue weighted by Gasteiger charge is 2.03. The van der Waals surface area contributed by atoms with Crippen molar-refractivity contribution in [3.05, 3.63) is 23.2 Å². The molecule has 2 heterocycles. The lowest BCUT2D eigenvalue weighted by atomic mass is 10.3. The van der Waals surface area contributed by atoms with Crippen molar-refractivity contribution >= 4 is 28.9 Å². The molecule has 0 aliphatic carbocycles. The Kier molecular flexibility index (Phi) is 1.55. The Morgan fingerprint density at radius 3 is 3.17 bits per heavy atom. The summed E-state index contributed by atoms with van der Waals surface area (Å²) in [5, 5.41) is 0.858. The summed E-state index contributed by atoms with van der Waals surface area (Å²) in [7, 11) is 0. The van der Waals surface area contributed by atoms with Crippen LogP contribution in [0, 0.1) is 0 Å². The monoisotopic (exact) mass is 181 g/mol. The smallest absolute Gasteiger partial charge is 0.224 e. The molecule has 0 spiro atoms. The lowest BCUT2D eigenvalue weighted by molar-refractivity contribution is 0.112. The number of nitrogens with one attached hydrogen (secondary N) is 1. The van der Waals surface area contributed by atoms with Crippen molar-refractivity contribution < 1.29 is 4.79 Å². The number of fused-ring (bicyclic) bond motifs is 1. The molecule has 60 valence electrons. The zero-order valence-electron chi connectivity index (χ0n) is 5.91. The van der Waals surface area contributed by atoms with E-state index in [1.165, 1.54) is 6.20 Å². The third kappa shape index (κ3) is 0.967. The normalized spacial score (nSPS) is 10.4. The molecule has 4 nitrogen and oxygen atoms in total. The summed E-state index contributed by atoms with van der Waals surface area (Å²) in [6.07, 6.45) is 3.84. The molecule has 1 N–H and O–H groups in total. The van der Waals surface area contributed by atoms with Crippen LogP contribution in [0.25, 0.3) is 11.0 Å². The SMILES string of the molecule is O=Cc1c[nH]c2nc(Cl)ncc12. The standard InChI is InChI=1S/C7H4ClN3O/c8-7-10-2-5-4(3-12)1-9-6(5)11-7/h1-3H,(H,9,10,11). The van der Waals surface area contributed by atoms with Crippen LogP contribution < -0.4 is 0 Å². The first-order valence-electron chi connectivity index (χ1n) is 3.26. The molecule has 0 radical (unpaired) electrons. The molecular weight excluding hydrogens is 178 g/mol. The van der Waals surface area contributed by atoms with Gasteiger partial charge >= 0.3 is 0 Å². The molecule has 0 fully saturated rings. The van der Waals surface area contributed by atoms with E-state index in [1.54, 1.807) is 6.20 Å². The number of H-pyrrole nitrogens is 1. The number of aromatic amines is 1. The van der Waals surface area contributed by atoms with Crippen molar-refractivity contribution in [3.63, 3.8) is 0 Å². The highest BCUT2D eigenvalue weighted by atomic mass is 35.5. The minimum atomic E-state index is 0.168. The molecule has 0 bridgehead atoms. The molecule has 0 atom stereocenters. The van der Waals surface area contributed by atoms with Gasteiger partial charge in [-0.25, -0.2) is 4.98 Å². The summed E-state index contributed by atoms with van der Waals surface area (Å²) in [5.41, 5.74) is 1.12. The highest BCUT2D eigenvalue weighted by molar-refractivity contribution is 6.28. The summed E-state index contributed by atoms with van der Waals surface area (Å²) in [5.74, 6) is 0. The number of aromatic nitrogens is 3. The van der Waals surface area contributed by atoms with Crippen LogP contribution in [0.4, 0.5) is 0 Å². The van der Waals surface area contributed by atoms with Gasteiger partial charge in [-0.1, -0.05) is 0 Å². The van der Waals surface area contributed by atoms with E-state index in [0.717, 1.165) is 6.29 Å². The van der Waals surface area contributed by atoms with E-state index in [4.69, 9.17) is 11.6 Å². The van der Waals surface area contributed by atoms with E-state index in [1.807, 2.05) is 0 Å². The molecular formula is C7H4ClN3O. The molecule has 2 rings (SSSR count). The fraction of sp³-hybridized carbons (Fsp3) is 0. The Balaban J connectivity index is 2.81. The van der Waals surface area contributed by atoms with E-state index >= 15 is 0 Å². The number of aldehydes is 1. The maximum atomic E-state index is 10.5. The maximum Gasteiger partial charge on any atom is 0.224 e. The molecule has 2 aromatic heterocycles. The third-order valence-corrected chi connectivity index (χ3v) is 1.74. The quantitative estimate of drug-likeness (QED) is 0.535. The van der Waals surface area contributed by atoms with E-state index in [-0.39, 0.29) is 5.28 Å². The first-order valence-corrected chi connectivity index (χ1v) is 3.64. The van der Waals surface area contributed by atoms with Gasteiger partial charge in [0.15, 0.2) is 6.29 Å². The number of hydrogen-bond donors (Lipinski definition) is 1. The van der Waals surface area contributed by atoms with E-state index in [2.05, 4.69) is 15.0 Å². The lowest BCUT2D eigenvalue weighted by Crippen LogP contribution is -1.82.